The normalized spacial score (nSPS) is 15.7. The van der Waals surface area contributed by atoms with Gasteiger partial charge in [-0.25, -0.2) is 4.98 Å². The van der Waals surface area contributed by atoms with Crippen LogP contribution in [0.15, 0.2) is 12.1 Å². The van der Waals surface area contributed by atoms with Gasteiger partial charge in [0.1, 0.15) is 18.1 Å². The lowest BCUT2D eigenvalue weighted by molar-refractivity contribution is -0.0591. The molecule has 0 bridgehead atoms. The third-order valence-electron chi connectivity index (χ3n) is 2.47. The fourth-order valence-corrected chi connectivity index (χ4v) is 1.61. The summed E-state index contributed by atoms with van der Waals surface area (Å²) >= 11 is 0. The fourth-order valence-electron chi connectivity index (χ4n) is 1.61. The van der Waals surface area contributed by atoms with E-state index in [4.69, 9.17) is 5.11 Å². The zero-order valence-electron chi connectivity index (χ0n) is 8.13. The van der Waals surface area contributed by atoms with Gasteiger partial charge in [-0.15, -0.1) is 0 Å². The molecule has 0 saturated carbocycles. The van der Waals surface area contributed by atoms with E-state index in [9.17, 15) is 8.78 Å². The first kappa shape index (κ1) is 10.3. The summed E-state index contributed by atoms with van der Waals surface area (Å²) in [6.07, 6.45) is 1.85. The molecule has 2 rings (SSSR count). The summed E-state index contributed by atoms with van der Waals surface area (Å²) in [7, 11) is 0. The summed E-state index contributed by atoms with van der Waals surface area (Å²) in [5, 5.41) is 11.5. The Hall–Kier alpha value is -1.23. The van der Waals surface area contributed by atoms with E-state index in [-0.39, 0.29) is 5.69 Å². The molecule has 1 aliphatic heterocycles. The van der Waals surface area contributed by atoms with Crippen molar-refractivity contribution >= 4 is 5.82 Å². The van der Waals surface area contributed by atoms with Crippen molar-refractivity contribution in [3.63, 3.8) is 0 Å². The van der Waals surface area contributed by atoms with Gasteiger partial charge in [-0.3, -0.25) is 0 Å². The minimum atomic E-state index is -3.26. The number of aliphatic hydroxyl groups excluding tert-OH is 1. The average molecular weight is 214 g/mol. The highest BCUT2D eigenvalue weighted by Gasteiger charge is 2.33. The standard InChI is InChI=1S/C10H12F2N2O/c11-10(12,6-15)8-4-3-7-2-1-5-13-9(7)14-8/h3-4,15H,1-2,5-6H2,(H,13,14). The minimum Gasteiger partial charge on any atom is -0.390 e. The fraction of sp³-hybridized carbons (Fsp3) is 0.500. The molecule has 0 aliphatic carbocycles. The summed E-state index contributed by atoms with van der Waals surface area (Å²) in [6.45, 7) is -0.451. The Morgan fingerprint density at radius 2 is 2.27 bits per heavy atom. The molecule has 15 heavy (non-hydrogen) atoms. The van der Waals surface area contributed by atoms with Crippen LogP contribution in [0, 0.1) is 0 Å². The highest BCUT2D eigenvalue weighted by Crippen LogP contribution is 2.29. The Balaban J connectivity index is 2.36. The molecule has 2 heterocycles. The van der Waals surface area contributed by atoms with Gasteiger partial charge in [0.2, 0.25) is 0 Å². The lowest BCUT2D eigenvalue weighted by Crippen LogP contribution is -2.22. The van der Waals surface area contributed by atoms with Crippen molar-refractivity contribution < 1.29 is 13.9 Å². The molecule has 5 heteroatoms. The van der Waals surface area contributed by atoms with Crippen LogP contribution >= 0.6 is 0 Å². The summed E-state index contributed by atoms with van der Waals surface area (Å²) in [5.74, 6) is -2.74. The quantitative estimate of drug-likeness (QED) is 0.784. The maximum Gasteiger partial charge on any atom is 0.312 e. The molecule has 0 amide bonds. The van der Waals surface area contributed by atoms with Gasteiger partial charge >= 0.3 is 5.92 Å². The lowest BCUT2D eigenvalue weighted by Gasteiger charge is -2.19. The molecule has 1 aromatic rings. The molecular weight excluding hydrogens is 202 g/mol. The zero-order chi connectivity index (χ0) is 10.9. The number of hydrogen-bond acceptors (Lipinski definition) is 3. The Labute approximate surface area is 86.1 Å². The Kier molecular flexibility index (Phi) is 2.56. The molecule has 0 radical (unpaired) electrons. The first-order valence-corrected chi connectivity index (χ1v) is 4.86. The third kappa shape index (κ3) is 1.92. The summed E-state index contributed by atoms with van der Waals surface area (Å²) < 4.78 is 26.2. The molecule has 2 N–H and O–H groups in total. The SMILES string of the molecule is OCC(F)(F)c1ccc2c(n1)NCCC2. The molecule has 82 valence electrons. The van der Waals surface area contributed by atoms with Crippen LogP contribution in [0.5, 0.6) is 0 Å². The van der Waals surface area contributed by atoms with Gasteiger partial charge in [0.15, 0.2) is 0 Å². The molecule has 0 saturated heterocycles. The van der Waals surface area contributed by atoms with Crippen LogP contribution in [0.3, 0.4) is 0 Å². The molecular formula is C10H12F2N2O. The number of hydrogen-bond donors (Lipinski definition) is 2. The second-order valence-electron chi connectivity index (χ2n) is 3.60. The van der Waals surface area contributed by atoms with Crippen LogP contribution in [-0.4, -0.2) is 23.2 Å². The Morgan fingerprint density at radius 3 is 3.00 bits per heavy atom. The third-order valence-corrected chi connectivity index (χ3v) is 2.47. The smallest absolute Gasteiger partial charge is 0.312 e. The Morgan fingerprint density at radius 1 is 1.47 bits per heavy atom. The number of anilines is 1. The van der Waals surface area contributed by atoms with E-state index in [2.05, 4.69) is 10.3 Å². The van der Waals surface area contributed by atoms with Crippen molar-refractivity contribution in [2.75, 3.05) is 18.5 Å². The minimum absolute atomic E-state index is 0.377. The second kappa shape index (κ2) is 3.73. The number of pyridine rings is 1. The van der Waals surface area contributed by atoms with Gasteiger partial charge in [0.05, 0.1) is 0 Å². The number of alkyl halides is 2. The molecule has 0 aromatic carbocycles. The van der Waals surface area contributed by atoms with Crippen LogP contribution in [0.1, 0.15) is 17.7 Å². The van der Waals surface area contributed by atoms with Crippen molar-refractivity contribution in [1.82, 2.24) is 4.98 Å². The van der Waals surface area contributed by atoms with Crippen molar-refractivity contribution in [1.29, 1.82) is 0 Å². The van der Waals surface area contributed by atoms with E-state index in [1.165, 1.54) is 6.07 Å². The number of aliphatic hydroxyl groups is 1. The van der Waals surface area contributed by atoms with E-state index in [0.29, 0.717) is 5.82 Å². The van der Waals surface area contributed by atoms with Crippen molar-refractivity contribution in [3.05, 3.63) is 23.4 Å². The van der Waals surface area contributed by atoms with Crippen LogP contribution < -0.4 is 5.32 Å². The van der Waals surface area contributed by atoms with Gasteiger partial charge in [0, 0.05) is 6.54 Å². The number of rotatable bonds is 2. The highest BCUT2D eigenvalue weighted by atomic mass is 19.3. The van der Waals surface area contributed by atoms with E-state index in [1.807, 2.05) is 0 Å². The Bertz CT molecular complexity index is 368. The van der Waals surface area contributed by atoms with Crippen LogP contribution in [0.4, 0.5) is 14.6 Å². The summed E-state index contributed by atoms with van der Waals surface area (Å²) in [6, 6.07) is 2.93. The topological polar surface area (TPSA) is 45.2 Å². The van der Waals surface area contributed by atoms with E-state index in [1.54, 1.807) is 6.07 Å². The molecule has 1 aliphatic rings. The molecule has 0 fully saturated rings. The average Bonchev–Trinajstić information content (AvgIpc) is 2.28. The maximum absolute atomic E-state index is 13.1. The monoisotopic (exact) mass is 214 g/mol. The number of aryl methyl sites for hydroxylation is 1. The second-order valence-corrected chi connectivity index (χ2v) is 3.60. The van der Waals surface area contributed by atoms with Crippen molar-refractivity contribution in [2.24, 2.45) is 0 Å². The predicted octanol–water partition coefficient (Wildman–Crippen LogP) is 1.52. The molecule has 1 aromatic heterocycles. The van der Waals surface area contributed by atoms with E-state index in [0.717, 1.165) is 24.9 Å². The van der Waals surface area contributed by atoms with E-state index < -0.39 is 12.5 Å². The van der Waals surface area contributed by atoms with Crippen molar-refractivity contribution in [2.45, 2.75) is 18.8 Å². The number of nitrogens with zero attached hydrogens (tertiary/aromatic N) is 1. The number of aromatic nitrogens is 1. The van der Waals surface area contributed by atoms with Gasteiger partial charge in [-0.2, -0.15) is 8.78 Å². The largest absolute Gasteiger partial charge is 0.390 e. The van der Waals surface area contributed by atoms with Crippen LogP contribution in [-0.2, 0) is 12.3 Å². The van der Waals surface area contributed by atoms with Crippen molar-refractivity contribution in [3.8, 4) is 0 Å². The molecule has 0 unspecified atom stereocenters. The summed E-state index contributed by atoms with van der Waals surface area (Å²) in [5.41, 5.74) is 0.580. The number of fused-ring (bicyclic) bond motifs is 1. The van der Waals surface area contributed by atoms with Gasteiger partial charge in [-0.05, 0) is 24.5 Å². The number of nitrogens with one attached hydrogen (secondary N) is 1. The molecule has 3 nitrogen and oxygen atoms in total. The highest BCUT2D eigenvalue weighted by molar-refractivity contribution is 5.47. The molecule has 0 spiro atoms. The van der Waals surface area contributed by atoms with Crippen LogP contribution in [0.2, 0.25) is 0 Å². The van der Waals surface area contributed by atoms with Gasteiger partial charge in [-0.1, -0.05) is 6.07 Å². The van der Waals surface area contributed by atoms with Gasteiger partial charge in [0.25, 0.3) is 0 Å². The first-order valence-electron chi connectivity index (χ1n) is 4.86. The van der Waals surface area contributed by atoms with Crippen LogP contribution in [0.25, 0.3) is 0 Å². The first-order chi connectivity index (χ1) is 7.13. The van der Waals surface area contributed by atoms with E-state index >= 15 is 0 Å². The van der Waals surface area contributed by atoms with Gasteiger partial charge < -0.3 is 10.4 Å². The maximum atomic E-state index is 13.1. The zero-order valence-corrected chi connectivity index (χ0v) is 8.13. The summed E-state index contributed by atoms with van der Waals surface area (Å²) in [4.78, 5) is 3.83. The predicted molar refractivity (Wildman–Crippen MR) is 52.0 cm³/mol. The number of halogens is 2. The molecule has 0 atom stereocenters. The lowest BCUT2D eigenvalue weighted by atomic mass is 10.1.